The van der Waals surface area contributed by atoms with E-state index < -0.39 is 4.92 Å². The summed E-state index contributed by atoms with van der Waals surface area (Å²) in [4.78, 5) is 25.7. The molecular formula is C18H18ClN3O3S. The summed E-state index contributed by atoms with van der Waals surface area (Å²) in [5.41, 5.74) is 0.983. The summed E-state index contributed by atoms with van der Waals surface area (Å²) in [5, 5.41) is 14.7. The average molecular weight is 392 g/mol. The third kappa shape index (κ3) is 4.35. The highest BCUT2D eigenvalue weighted by Gasteiger charge is 2.28. The zero-order valence-corrected chi connectivity index (χ0v) is 15.5. The number of nitrogens with one attached hydrogen (secondary N) is 1. The quantitative estimate of drug-likeness (QED) is 0.479. The van der Waals surface area contributed by atoms with Crippen molar-refractivity contribution in [2.75, 3.05) is 25.4 Å². The zero-order chi connectivity index (χ0) is 18.5. The summed E-state index contributed by atoms with van der Waals surface area (Å²) in [6.45, 7) is 2.03. The maximum absolute atomic E-state index is 12.8. The number of benzene rings is 2. The molecule has 8 heteroatoms. The summed E-state index contributed by atoms with van der Waals surface area (Å²) < 4.78 is 0. The van der Waals surface area contributed by atoms with E-state index in [0.717, 1.165) is 17.0 Å². The number of piperazine rings is 1. The van der Waals surface area contributed by atoms with Crippen LogP contribution in [-0.2, 0) is 4.79 Å². The first-order valence-electron chi connectivity index (χ1n) is 8.18. The number of carbonyl (C=O) groups excluding carboxylic acids is 1. The normalized spacial score (nSPS) is 17.1. The fourth-order valence-electron chi connectivity index (χ4n) is 2.92. The van der Waals surface area contributed by atoms with E-state index in [1.165, 1.54) is 23.9 Å². The summed E-state index contributed by atoms with van der Waals surface area (Å²) in [7, 11) is 0. The largest absolute Gasteiger partial charge is 0.332 e. The second-order valence-corrected chi connectivity index (χ2v) is 7.32. The highest BCUT2D eigenvalue weighted by molar-refractivity contribution is 8.00. The van der Waals surface area contributed by atoms with Gasteiger partial charge in [0.2, 0.25) is 5.91 Å². The van der Waals surface area contributed by atoms with E-state index in [2.05, 4.69) is 5.32 Å². The molecule has 2 aromatic rings. The highest BCUT2D eigenvalue weighted by atomic mass is 35.5. The van der Waals surface area contributed by atoms with E-state index in [1.807, 2.05) is 29.2 Å². The third-order valence-electron chi connectivity index (χ3n) is 4.24. The minimum absolute atomic E-state index is 0.0276. The Morgan fingerprint density at radius 3 is 2.69 bits per heavy atom. The molecule has 0 bridgehead atoms. The van der Waals surface area contributed by atoms with Gasteiger partial charge in [-0.25, -0.2) is 0 Å². The Kier molecular flexibility index (Phi) is 6.13. The lowest BCUT2D eigenvalue weighted by Gasteiger charge is -2.37. The molecule has 1 heterocycles. The van der Waals surface area contributed by atoms with Crippen LogP contribution in [0.5, 0.6) is 0 Å². The van der Waals surface area contributed by atoms with Gasteiger partial charge in [0.1, 0.15) is 0 Å². The maximum atomic E-state index is 12.8. The molecule has 1 N–H and O–H groups in total. The second-order valence-electron chi connectivity index (χ2n) is 5.87. The first-order chi connectivity index (χ1) is 12.6. The molecule has 1 saturated heterocycles. The van der Waals surface area contributed by atoms with Crippen LogP contribution in [0.2, 0.25) is 5.02 Å². The SMILES string of the molecule is O=C(CSc1ccc([N+](=O)[O-])cc1)N1CCNCC1c1ccccc1Cl. The van der Waals surface area contributed by atoms with Crippen molar-refractivity contribution in [2.45, 2.75) is 10.9 Å². The minimum atomic E-state index is -0.436. The van der Waals surface area contributed by atoms with E-state index in [9.17, 15) is 14.9 Å². The molecule has 1 amide bonds. The molecule has 3 rings (SSSR count). The van der Waals surface area contributed by atoms with Crippen LogP contribution in [0, 0.1) is 10.1 Å². The summed E-state index contributed by atoms with van der Waals surface area (Å²) >= 11 is 7.69. The number of nitro benzene ring substituents is 1. The summed E-state index contributed by atoms with van der Waals surface area (Å²) in [5.74, 6) is 0.304. The van der Waals surface area contributed by atoms with Gasteiger partial charge in [0, 0.05) is 41.7 Å². The van der Waals surface area contributed by atoms with Crippen molar-refractivity contribution < 1.29 is 9.72 Å². The van der Waals surface area contributed by atoms with Crippen LogP contribution in [0.3, 0.4) is 0 Å². The lowest BCUT2D eigenvalue weighted by atomic mass is 10.0. The monoisotopic (exact) mass is 391 g/mol. The molecule has 0 radical (unpaired) electrons. The molecule has 136 valence electrons. The van der Waals surface area contributed by atoms with Gasteiger partial charge in [-0.3, -0.25) is 14.9 Å². The van der Waals surface area contributed by atoms with E-state index in [0.29, 0.717) is 18.1 Å². The van der Waals surface area contributed by atoms with Crippen LogP contribution in [0.1, 0.15) is 11.6 Å². The lowest BCUT2D eigenvalue weighted by molar-refractivity contribution is -0.384. The Morgan fingerprint density at radius 1 is 1.27 bits per heavy atom. The number of carbonyl (C=O) groups is 1. The van der Waals surface area contributed by atoms with Gasteiger partial charge in [-0.1, -0.05) is 29.8 Å². The molecule has 1 fully saturated rings. The second kappa shape index (κ2) is 8.53. The first-order valence-corrected chi connectivity index (χ1v) is 9.54. The molecule has 1 atom stereocenters. The van der Waals surface area contributed by atoms with Gasteiger partial charge in [-0.2, -0.15) is 0 Å². The zero-order valence-electron chi connectivity index (χ0n) is 13.9. The minimum Gasteiger partial charge on any atom is -0.332 e. The highest BCUT2D eigenvalue weighted by Crippen LogP contribution is 2.30. The fourth-order valence-corrected chi connectivity index (χ4v) is 3.96. The maximum Gasteiger partial charge on any atom is 0.269 e. The Morgan fingerprint density at radius 2 is 2.00 bits per heavy atom. The Balaban J connectivity index is 1.67. The fraction of sp³-hybridized carbons (Fsp3) is 0.278. The molecule has 0 saturated carbocycles. The Labute approximate surface area is 160 Å². The van der Waals surface area contributed by atoms with Gasteiger partial charge < -0.3 is 10.2 Å². The Hall–Kier alpha value is -2.09. The van der Waals surface area contributed by atoms with Crippen LogP contribution in [-0.4, -0.2) is 41.1 Å². The number of rotatable bonds is 5. The molecule has 1 aliphatic rings. The van der Waals surface area contributed by atoms with Crippen LogP contribution >= 0.6 is 23.4 Å². The molecule has 0 aromatic heterocycles. The van der Waals surface area contributed by atoms with Gasteiger partial charge in [0.15, 0.2) is 0 Å². The molecule has 2 aromatic carbocycles. The van der Waals surface area contributed by atoms with Gasteiger partial charge in [-0.05, 0) is 23.8 Å². The van der Waals surface area contributed by atoms with Crippen molar-refractivity contribution in [1.82, 2.24) is 10.2 Å². The van der Waals surface area contributed by atoms with Crippen LogP contribution in [0.4, 0.5) is 5.69 Å². The number of hydrogen-bond acceptors (Lipinski definition) is 5. The molecule has 0 spiro atoms. The van der Waals surface area contributed by atoms with Crippen LogP contribution in [0.15, 0.2) is 53.4 Å². The predicted molar refractivity (Wildman–Crippen MR) is 103 cm³/mol. The molecular weight excluding hydrogens is 374 g/mol. The molecule has 0 aliphatic carbocycles. The van der Waals surface area contributed by atoms with E-state index in [4.69, 9.17) is 11.6 Å². The molecule has 6 nitrogen and oxygen atoms in total. The molecule has 26 heavy (non-hydrogen) atoms. The molecule has 1 unspecified atom stereocenters. The summed E-state index contributed by atoms with van der Waals surface area (Å²) in [6.07, 6.45) is 0. The molecule has 1 aliphatic heterocycles. The van der Waals surface area contributed by atoms with Gasteiger partial charge in [0.25, 0.3) is 5.69 Å². The van der Waals surface area contributed by atoms with Crippen molar-refractivity contribution >= 4 is 35.0 Å². The van der Waals surface area contributed by atoms with Crippen molar-refractivity contribution in [3.05, 3.63) is 69.2 Å². The van der Waals surface area contributed by atoms with Crippen molar-refractivity contribution in [3.63, 3.8) is 0 Å². The number of hydrogen-bond donors (Lipinski definition) is 1. The third-order valence-corrected chi connectivity index (χ3v) is 5.58. The van der Waals surface area contributed by atoms with Crippen molar-refractivity contribution in [2.24, 2.45) is 0 Å². The number of halogens is 1. The standard InChI is InChI=1S/C18H18ClN3O3S/c19-16-4-2-1-3-15(16)17-11-20-9-10-21(17)18(23)12-26-14-7-5-13(6-8-14)22(24)25/h1-8,17,20H,9-12H2. The van der Waals surface area contributed by atoms with Crippen LogP contribution < -0.4 is 5.32 Å². The van der Waals surface area contributed by atoms with Crippen molar-refractivity contribution in [1.29, 1.82) is 0 Å². The average Bonchev–Trinajstić information content (AvgIpc) is 2.67. The van der Waals surface area contributed by atoms with E-state index in [-0.39, 0.29) is 23.4 Å². The Bertz CT molecular complexity index is 801. The van der Waals surface area contributed by atoms with E-state index >= 15 is 0 Å². The topological polar surface area (TPSA) is 75.5 Å². The van der Waals surface area contributed by atoms with Crippen molar-refractivity contribution in [3.8, 4) is 0 Å². The first kappa shape index (κ1) is 18.7. The number of thioether (sulfide) groups is 1. The van der Waals surface area contributed by atoms with E-state index in [1.54, 1.807) is 12.1 Å². The summed E-state index contributed by atoms with van der Waals surface area (Å²) in [6, 6.07) is 13.7. The number of nitrogens with zero attached hydrogens (tertiary/aromatic N) is 2. The van der Waals surface area contributed by atoms with Gasteiger partial charge >= 0.3 is 0 Å². The lowest BCUT2D eigenvalue weighted by Crippen LogP contribution is -2.49. The van der Waals surface area contributed by atoms with Gasteiger partial charge in [-0.15, -0.1) is 11.8 Å². The van der Waals surface area contributed by atoms with Crippen LogP contribution in [0.25, 0.3) is 0 Å². The number of non-ortho nitro benzene ring substituents is 1. The van der Waals surface area contributed by atoms with Gasteiger partial charge in [0.05, 0.1) is 16.7 Å². The number of nitro groups is 1. The predicted octanol–water partition coefficient (Wildman–Crippen LogP) is 3.51. The smallest absolute Gasteiger partial charge is 0.269 e. The number of amides is 1.